The lowest BCUT2D eigenvalue weighted by Gasteiger charge is -2.44. The Morgan fingerprint density at radius 3 is 0.944 bits per heavy atom. The standard InChI is InChI=1S/C67H94O22/c1-10-18-26-77-51-38-45(39-52(78-27-19-11-2)58(51)83-32-24-16-7)65(74)88-61-60(87-64(73)44-36-49(70)57(50(71)37-44)82-31-23-15-6)55(42-85-63(72)43-34-47(68)56(48(69)35-43)81-30-22-14-5)86-67(76-9)62(61)89-66(75)46-40-53(79-28-20-12-3)59(84-33-25-17-8)54(41-46)80-29-21-13-4/h34-41,55,60-62,67-71H,10-33,42H2,1-9H3/t55?,60-,61+,62?,67-/m1/s1. The number of hydrogen-bond donors (Lipinski definition) is 4. The van der Waals surface area contributed by atoms with Crippen molar-refractivity contribution in [3.05, 3.63) is 70.8 Å². The van der Waals surface area contributed by atoms with Crippen molar-refractivity contribution in [1.82, 2.24) is 0 Å². The minimum Gasteiger partial charge on any atom is -0.504 e. The van der Waals surface area contributed by atoms with E-state index in [1.54, 1.807) is 0 Å². The van der Waals surface area contributed by atoms with E-state index < -0.39 is 89.8 Å². The molecule has 4 aromatic rings. The smallest absolute Gasteiger partial charge is 0.339 e. The number of carbonyl (C=O) groups is 4. The number of hydrogen-bond acceptors (Lipinski definition) is 22. The Balaban J connectivity index is 1.73. The zero-order valence-electron chi connectivity index (χ0n) is 53.3. The number of ether oxygens (including phenoxy) is 14. The normalized spacial score (nSPS) is 16.2. The zero-order valence-corrected chi connectivity index (χ0v) is 53.3. The molecule has 0 aromatic heterocycles. The second-order valence-electron chi connectivity index (χ2n) is 21.4. The fourth-order valence-electron chi connectivity index (χ4n) is 8.83. The Labute approximate surface area is 523 Å². The molecule has 0 saturated carbocycles. The average molecular weight is 1250 g/mol. The number of aromatic hydroxyl groups is 4. The van der Waals surface area contributed by atoms with Crippen LogP contribution in [-0.2, 0) is 28.4 Å². The highest BCUT2D eigenvalue weighted by Crippen LogP contribution is 2.44. The van der Waals surface area contributed by atoms with Crippen LogP contribution in [0.5, 0.6) is 69.0 Å². The Hall–Kier alpha value is -7.72. The fraction of sp³-hybridized carbons (Fsp3) is 0.582. The van der Waals surface area contributed by atoms with Gasteiger partial charge in [0.1, 0.15) is 12.7 Å². The molecule has 1 fully saturated rings. The lowest BCUT2D eigenvalue weighted by molar-refractivity contribution is -0.291. The maximum atomic E-state index is 15.3. The van der Waals surface area contributed by atoms with Gasteiger partial charge in [-0.15, -0.1) is 0 Å². The van der Waals surface area contributed by atoms with E-state index in [9.17, 15) is 30.0 Å². The Morgan fingerprint density at radius 1 is 0.360 bits per heavy atom. The van der Waals surface area contributed by atoms with E-state index in [4.69, 9.17) is 66.3 Å². The van der Waals surface area contributed by atoms with Gasteiger partial charge in [0.05, 0.1) is 75.1 Å². The van der Waals surface area contributed by atoms with E-state index in [1.165, 1.54) is 31.4 Å². The van der Waals surface area contributed by atoms with Gasteiger partial charge in [0, 0.05) is 7.11 Å². The summed E-state index contributed by atoms with van der Waals surface area (Å²) >= 11 is 0. The van der Waals surface area contributed by atoms with E-state index in [0.717, 1.165) is 75.6 Å². The lowest BCUT2D eigenvalue weighted by atomic mass is 9.97. The second kappa shape index (κ2) is 38.6. The number of methoxy groups -OCH3 is 1. The van der Waals surface area contributed by atoms with Crippen LogP contribution in [0.15, 0.2) is 48.5 Å². The van der Waals surface area contributed by atoms with Crippen LogP contribution in [-0.4, -0.2) is 142 Å². The van der Waals surface area contributed by atoms with E-state index in [2.05, 4.69) is 0 Å². The summed E-state index contributed by atoms with van der Waals surface area (Å²) in [6, 6.07) is 9.77. The van der Waals surface area contributed by atoms with Crippen molar-refractivity contribution in [2.75, 3.05) is 66.6 Å². The van der Waals surface area contributed by atoms with Crippen molar-refractivity contribution in [3.63, 3.8) is 0 Å². The van der Waals surface area contributed by atoms with Gasteiger partial charge in [0.2, 0.25) is 23.0 Å². The van der Waals surface area contributed by atoms with E-state index in [1.807, 2.05) is 55.4 Å². The highest BCUT2D eigenvalue weighted by molar-refractivity contribution is 5.94. The van der Waals surface area contributed by atoms with Crippen LogP contribution in [0.3, 0.4) is 0 Å². The molecular formula is C67H94O22. The molecule has 22 nitrogen and oxygen atoms in total. The molecule has 1 heterocycles. The van der Waals surface area contributed by atoms with Crippen LogP contribution < -0.4 is 37.9 Å². The Kier molecular flexibility index (Phi) is 31.3. The molecule has 0 amide bonds. The number of rotatable bonds is 42. The minimum atomic E-state index is -1.95. The van der Waals surface area contributed by atoms with Crippen LogP contribution in [0.25, 0.3) is 0 Å². The average Bonchev–Trinajstić information content (AvgIpc) is 0.931. The maximum Gasteiger partial charge on any atom is 0.339 e. The van der Waals surface area contributed by atoms with Crippen LogP contribution in [0.1, 0.15) is 200 Å². The first-order valence-electron chi connectivity index (χ1n) is 31.6. The van der Waals surface area contributed by atoms with Gasteiger partial charge in [-0.2, -0.15) is 0 Å². The predicted octanol–water partition coefficient (Wildman–Crippen LogP) is 13.1. The first kappa shape index (κ1) is 72.0. The molecule has 0 radical (unpaired) electrons. The number of benzene rings is 4. The second-order valence-corrected chi connectivity index (χ2v) is 21.4. The molecule has 0 spiro atoms. The molecule has 1 aliphatic rings. The number of phenolic OH excluding ortho intramolecular Hbond substituents is 4. The van der Waals surface area contributed by atoms with Crippen LogP contribution in [0.4, 0.5) is 0 Å². The van der Waals surface area contributed by atoms with Crippen molar-refractivity contribution >= 4 is 23.9 Å². The summed E-state index contributed by atoms with van der Waals surface area (Å²) in [7, 11) is 1.21. The molecule has 2 unspecified atom stereocenters. The molecule has 22 heteroatoms. The summed E-state index contributed by atoms with van der Waals surface area (Å²) in [4.78, 5) is 59.1. The highest BCUT2D eigenvalue weighted by Gasteiger charge is 2.54. The molecule has 0 aliphatic carbocycles. The summed E-state index contributed by atoms with van der Waals surface area (Å²) in [5.41, 5.74) is -0.989. The van der Waals surface area contributed by atoms with Gasteiger partial charge in [0.25, 0.3) is 0 Å². The van der Waals surface area contributed by atoms with E-state index >= 15 is 9.59 Å². The zero-order chi connectivity index (χ0) is 64.7. The molecule has 494 valence electrons. The lowest BCUT2D eigenvalue weighted by Crippen LogP contribution is -2.63. The maximum absolute atomic E-state index is 15.3. The van der Waals surface area contributed by atoms with Gasteiger partial charge in [-0.1, -0.05) is 107 Å². The topological polar surface area (TPSA) is 278 Å². The summed E-state index contributed by atoms with van der Waals surface area (Å²) in [6.45, 7) is 17.0. The third-order valence-electron chi connectivity index (χ3n) is 14.0. The van der Waals surface area contributed by atoms with Gasteiger partial charge >= 0.3 is 23.9 Å². The number of phenols is 4. The summed E-state index contributed by atoms with van der Waals surface area (Å²) in [5.74, 6) is -6.12. The van der Waals surface area contributed by atoms with E-state index in [0.29, 0.717) is 64.6 Å². The molecule has 1 saturated heterocycles. The Bertz CT molecular complexity index is 2730. The first-order chi connectivity index (χ1) is 43.1. The quantitative estimate of drug-likeness (QED) is 0.0182. The summed E-state index contributed by atoms with van der Waals surface area (Å²) in [5, 5.41) is 44.0. The van der Waals surface area contributed by atoms with Crippen molar-refractivity contribution in [2.24, 2.45) is 0 Å². The van der Waals surface area contributed by atoms with Gasteiger partial charge in [0.15, 0.2) is 70.6 Å². The highest BCUT2D eigenvalue weighted by atomic mass is 16.7. The van der Waals surface area contributed by atoms with Crippen LogP contribution in [0, 0.1) is 0 Å². The molecular weight excluding hydrogens is 1160 g/mol. The van der Waals surface area contributed by atoms with Gasteiger partial charge < -0.3 is 86.7 Å². The SMILES string of the molecule is CCCCOc1cc(C(=O)OC2[C@H](OC)OC(COC(=O)c3cc(O)c(OCCCC)c(O)c3)[C@@H](OC(=O)c3cc(O)c(OCCCC)c(O)c3)[C@@H]2OC(=O)c2cc(OCCCC)c(OCCCC)c(OCCCC)c2)cc(OCCCC)c1OCCCC. The van der Waals surface area contributed by atoms with Crippen molar-refractivity contribution < 1.29 is 106 Å². The molecule has 5 atom stereocenters. The summed E-state index contributed by atoms with van der Waals surface area (Å²) < 4.78 is 86.0. The molecule has 4 aromatic carbocycles. The van der Waals surface area contributed by atoms with Crippen LogP contribution in [0.2, 0.25) is 0 Å². The van der Waals surface area contributed by atoms with Crippen molar-refractivity contribution in [3.8, 4) is 69.0 Å². The molecule has 0 bridgehead atoms. The molecule has 1 aliphatic heterocycles. The monoisotopic (exact) mass is 1250 g/mol. The van der Waals surface area contributed by atoms with E-state index in [-0.39, 0.29) is 102 Å². The minimum absolute atomic E-state index is 0.0998. The van der Waals surface area contributed by atoms with Gasteiger partial charge in [-0.05, 0) is 99.9 Å². The Morgan fingerprint density at radius 2 is 0.629 bits per heavy atom. The third-order valence-corrected chi connectivity index (χ3v) is 14.0. The van der Waals surface area contributed by atoms with Crippen LogP contribution >= 0.6 is 0 Å². The fourth-order valence-corrected chi connectivity index (χ4v) is 8.83. The number of esters is 4. The number of carbonyl (C=O) groups excluding carboxylic acids is 4. The predicted molar refractivity (Wildman–Crippen MR) is 329 cm³/mol. The summed E-state index contributed by atoms with van der Waals surface area (Å²) in [6.07, 6.45) is 2.49. The first-order valence-corrected chi connectivity index (χ1v) is 31.6. The molecule has 89 heavy (non-hydrogen) atoms. The van der Waals surface area contributed by atoms with Gasteiger partial charge in [-0.25, -0.2) is 19.2 Å². The molecule has 5 rings (SSSR count). The van der Waals surface area contributed by atoms with Gasteiger partial charge in [-0.3, -0.25) is 0 Å². The largest absolute Gasteiger partial charge is 0.504 e. The molecule has 4 N–H and O–H groups in total. The van der Waals surface area contributed by atoms with Crippen molar-refractivity contribution in [2.45, 2.75) is 189 Å². The third kappa shape index (κ3) is 21.5. The number of unbranched alkanes of at least 4 members (excludes halogenated alkanes) is 8. The van der Waals surface area contributed by atoms with Crippen molar-refractivity contribution in [1.29, 1.82) is 0 Å².